The highest BCUT2D eigenvalue weighted by Crippen LogP contribution is 2.27. The Morgan fingerprint density at radius 2 is 2.00 bits per heavy atom. The van der Waals surface area contributed by atoms with Crippen LogP contribution in [-0.4, -0.2) is 48.2 Å². The fraction of sp³-hybridized carbons (Fsp3) is 0.450. The zero-order valence-electron chi connectivity index (χ0n) is 15.7. The van der Waals surface area contributed by atoms with Crippen LogP contribution in [-0.2, 0) is 16.4 Å². The fourth-order valence-electron chi connectivity index (χ4n) is 3.52. The summed E-state index contributed by atoms with van der Waals surface area (Å²) in [5.41, 5.74) is 4.47. The van der Waals surface area contributed by atoms with Crippen LogP contribution in [0.5, 0.6) is 0 Å². The van der Waals surface area contributed by atoms with Gasteiger partial charge in [0.15, 0.2) is 9.84 Å². The number of hydrogen-bond donors (Lipinski definition) is 0. The average molecular weight is 374 g/mol. The molecular formula is C20H27N3O2S. The first-order chi connectivity index (χ1) is 12.4. The number of likely N-dealkylation sites (N-methyl/N-ethyl adjacent to an activating group) is 1. The molecule has 2 aromatic rings. The lowest BCUT2D eigenvalue weighted by Crippen LogP contribution is -2.19. The predicted octanol–water partition coefficient (Wildman–Crippen LogP) is 3.00. The molecule has 1 aliphatic rings. The van der Waals surface area contributed by atoms with Gasteiger partial charge in [-0.05, 0) is 32.9 Å². The van der Waals surface area contributed by atoms with Crippen molar-refractivity contribution in [3.05, 3.63) is 58.9 Å². The third kappa shape index (κ3) is 4.43. The van der Waals surface area contributed by atoms with Gasteiger partial charge in [-0.15, -0.1) is 0 Å². The molecule has 0 spiro atoms. The average Bonchev–Trinajstić information content (AvgIpc) is 3.09. The molecule has 1 aromatic carbocycles. The van der Waals surface area contributed by atoms with Crippen LogP contribution in [0.2, 0.25) is 0 Å². The van der Waals surface area contributed by atoms with E-state index in [0.717, 1.165) is 24.5 Å². The maximum absolute atomic E-state index is 11.8. The van der Waals surface area contributed by atoms with Crippen LogP contribution < -0.4 is 0 Å². The molecule has 0 bridgehead atoms. The van der Waals surface area contributed by atoms with Crippen LogP contribution in [0.1, 0.15) is 35.0 Å². The molecule has 0 unspecified atom stereocenters. The normalized spacial score (nSPS) is 19.6. The molecular weight excluding hydrogens is 346 g/mol. The standard InChI is InChI=1S/C20H27N3O2S/c1-16-20(14-22(3)12-7-10-18-8-5-4-6-9-18)17(2)23(21-16)19-11-13-26(24,25)15-19/h4-10,19H,11-15H2,1-3H3/b10-7+/t19-/m0/s1. The lowest BCUT2D eigenvalue weighted by atomic mass is 10.1. The fourth-order valence-corrected chi connectivity index (χ4v) is 5.21. The lowest BCUT2D eigenvalue weighted by molar-refractivity contribution is 0.361. The molecule has 0 saturated carbocycles. The molecule has 140 valence electrons. The van der Waals surface area contributed by atoms with Crippen molar-refractivity contribution in [2.75, 3.05) is 25.1 Å². The highest BCUT2D eigenvalue weighted by molar-refractivity contribution is 7.91. The Kier molecular flexibility index (Phi) is 5.63. The van der Waals surface area contributed by atoms with Crippen molar-refractivity contribution in [2.24, 2.45) is 0 Å². The van der Waals surface area contributed by atoms with E-state index in [0.29, 0.717) is 6.42 Å². The van der Waals surface area contributed by atoms with Gasteiger partial charge in [-0.1, -0.05) is 42.5 Å². The summed E-state index contributed by atoms with van der Waals surface area (Å²) in [4.78, 5) is 2.24. The van der Waals surface area contributed by atoms with Crippen LogP contribution in [0.25, 0.3) is 6.08 Å². The van der Waals surface area contributed by atoms with Gasteiger partial charge in [-0.2, -0.15) is 5.10 Å². The number of sulfone groups is 1. The molecule has 1 aliphatic heterocycles. The topological polar surface area (TPSA) is 55.2 Å². The minimum Gasteiger partial charge on any atom is -0.298 e. The summed E-state index contributed by atoms with van der Waals surface area (Å²) in [7, 11) is -0.817. The molecule has 5 nitrogen and oxygen atoms in total. The van der Waals surface area contributed by atoms with Crippen molar-refractivity contribution in [1.29, 1.82) is 0 Å². The molecule has 6 heteroatoms. The van der Waals surface area contributed by atoms with E-state index in [1.165, 1.54) is 11.1 Å². The van der Waals surface area contributed by atoms with Crippen LogP contribution in [0, 0.1) is 13.8 Å². The summed E-state index contributed by atoms with van der Waals surface area (Å²) in [5, 5.41) is 4.65. The number of aryl methyl sites for hydroxylation is 1. The zero-order valence-corrected chi connectivity index (χ0v) is 16.5. The Labute approximate surface area is 156 Å². The molecule has 26 heavy (non-hydrogen) atoms. The zero-order chi connectivity index (χ0) is 18.7. The van der Waals surface area contributed by atoms with Gasteiger partial charge in [-0.25, -0.2) is 8.42 Å². The van der Waals surface area contributed by atoms with E-state index in [-0.39, 0.29) is 17.5 Å². The minimum atomic E-state index is -2.91. The number of rotatable bonds is 6. The maximum atomic E-state index is 11.8. The van der Waals surface area contributed by atoms with E-state index in [1.54, 1.807) is 0 Å². The van der Waals surface area contributed by atoms with Crippen molar-refractivity contribution in [1.82, 2.24) is 14.7 Å². The lowest BCUT2D eigenvalue weighted by Gasteiger charge is -2.16. The number of nitrogens with zero attached hydrogens (tertiary/aromatic N) is 3. The Bertz CT molecular complexity index is 885. The molecule has 1 fully saturated rings. The second-order valence-electron chi connectivity index (χ2n) is 7.16. The molecule has 2 heterocycles. The summed E-state index contributed by atoms with van der Waals surface area (Å²) in [6, 6.07) is 10.2. The Hall–Kier alpha value is -1.92. The van der Waals surface area contributed by atoms with E-state index < -0.39 is 9.84 Å². The van der Waals surface area contributed by atoms with Gasteiger partial charge >= 0.3 is 0 Å². The Balaban J connectivity index is 1.65. The number of benzene rings is 1. The van der Waals surface area contributed by atoms with E-state index >= 15 is 0 Å². The maximum Gasteiger partial charge on any atom is 0.152 e. The summed E-state index contributed by atoms with van der Waals surface area (Å²) in [5.74, 6) is 0.486. The van der Waals surface area contributed by atoms with Crippen LogP contribution >= 0.6 is 0 Å². The smallest absolute Gasteiger partial charge is 0.152 e. The SMILES string of the molecule is Cc1nn([C@H]2CCS(=O)(=O)C2)c(C)c1CN(C)C/C=C/c1ccccc1. The predicted molar refractivity (Wildman–Crippen MR) is 106 cm³/mol. The van der Waals surface area contributed by atoms with Gasteiger partial charge in [0.2, 0.25) is 0 Å². The minimum absolute atomic E-state index is 0.0178. The number of aromatic nitrogens is 2. The third-order valence-electron chi connectivity index (χ3n) is 4.98. The molecule has 0 amide bonds. The Morgan fingerprint density at radius 3 is 2.65 bits per heavy atom. The first-order valence-electron chi connectivity index (χ1n) is 9.01. The Morgan fingerprint density at radius 1 is 1.27 bits per heavy atom. The summed E-state index contributed by atoms with van der Waals surface area (Å²) < 4.78 is 25.5. The van der Waals surface area contributed by atoms with E-state index in [9.17, 15) is 8.42 Å². The van der Waals surface area contributed by atoms with Crippen LogP contribution in [0.15, 0.2) is 36.4 Å². The van der Waals surface area contributed by atoms with Crippen molar-refractivity contribution in [3.8, 4) is 0 Å². The number of hydrogen-bond acceptors (Lipinski definition) is 4. The molecule has 1 atom stereocenters. The van der Waals surface area contributed by atoms with Gasteiger partial charge in [0.05, 0.1) is 23.2 Å². The van der Waals surface area contributed by atoms with Gasteiger partial charge < -0.3 is 0 Å². The first kappa shape index (κ1) is 18.9. The van der Waals surface area contributed by atoms with Crippen molar-refractivity contribution >= 4 is 15.9 Å². The van der Waals surface area contributed by atoms with Crippen molar-refractivity contribution < 1.29 is 8.42 Å². The molecule has 1 saturated heterocycles. The monoisotopic (exact) mass is 373 g/mol. The third-order valence-corrected chi connectivity index (χ3v) is 6.73. The molecule has 0 N–H and O–H groups in total. The second kappa shape index (κ2) is 7.76. The van der Waals surface area contributed by atoms with Gasteiger partial charge in [0.25, 0.3) is 0 Å². The highest BCUT2D eigenvalue weighted by atomic mass is 32.2. The van der Waals surface area contributed by atoms with E-state index in [2.05, 4.69) is 41.3 Å². The first-order valence-corrected chi connectivity index (χ1v) is 10.8. The summed E-state index contributed by atoms with van der Waals surface area (Å²) in [6.07, 6.45) is 4.95. The van der Waals surface area contributed by atoms with Crippen molar-refractivity contribution in [3.63, 3.8) is 0 Å². The molecule has 1 aromatic heterocycles. The largest absolute Gasteiger partial charge is 0.298 e. The van der Waals surface area contributed by atoms with E-state index in [1.807, 2.05) is 36.7 Å². The second-order valence-corrected chi connectivity index (χ2v) is 9.39. The molecule has 3 rings (SSSR count). The van der Waals surface area contributed by atoms with Gasteiger partial charge in [0.1, 0.15) is 0 Å². The summed E-state index contributed by atoms with van der Waals surface area (Å²) >= 11 is 0. The molecule has 0 aliphatic carbocycles. The van der Waals surface area contributed by atoms with E-state index in [4.69, 9.17) is 0 Å². The highest BCUT2D eigenvalue weighted by Gasteiger charge is 2.31. The molecule has 0 radical (unpaired) electrons. The quantitative estimate of drug-likeness (QED) is 0.781. The summed E-state index contributed by atoms with van der Waals surface area (Å²) in [6.45, 7) is 5.71. The van der Waals surface area contributed by atoms with Gasteiger partial charge in [-0.3, -0.25) is 9.58 Å². The van der Waals surface area contributed by atoms with Crippen LogP contribution in [0.4, 0.5) is 0 Å². The van der Waals surface area contributed by atoms with Crippen molar-refractivity contribution in [2.45, 2.75) is 32.9 Å². The van der Waals surface area contributed by atoms with Crippen LogP contribution in [0.3, 0.4) is 0 Å². The van der Waals surface area contributed by atoms with Gasteiger partial charge in [0, 0.05) is 24.3 Å².